The van der Waals surface area contributed by atoms with E-state index in [0.29, 0.717) is 24.7 Å². The topological polar surface area (TPSA) is 71.6 Å². The molecule has 2 aromatic heterocycles. The van der Waals surface area contributed by atoms with Crippen LogP contribution in [-0.4, -0.2) is 51.2 Å². The number of nitrogens with zero attached hydrogens (tertiary/aromatic N) is 4. The first-order valence-electron chi connectivity index (χ1n) is 7.67. The molecule has 1 N–H and O–H groups in total. The predicted molar refractivity (Wildman–Crippen MR) is 90.0 cm³/mol. The van der Waals surface area contributed by atoms with Crippen LogP contribution in [0.15, 0.2) is 29.2 Å². The van der Waals surface area contributed by atoms with E-state index in [9.17, 15) is 9.59 Å². The van der Waals surface area contributed by atoms with E-state index in [0.717, 1.165) is 25.9 Å². The maximum Gasteiger partial charge on any atom is 0.350 e. The van der Waals surface area contributed by atoms with Gasteiger partial charge >= 0.3 is 5.69 Å². The number of hydrogen-bond donors (Lipinski definition) is 1. The molecule has 8 heteroatoms. The van der Waals surface area contributed by atoms with Crippen LogP contribution in [0.25, 0.3) is 5.65 Å². The Hall–Kier alpha value is -1.86. The van der Waals surface area contributed by atoms with Crippen molar-refractivity contribution in [2.45, 2.75) is 31.8 Å². The highest BCUT2D eigenvalue weighted by Crippen LogP contribution is 2.11. The van der Waals surface area contributed by atoms with E-state index >= 15 is 0 Å². The highest BCUT2D eigenvalue weighted by molar-refractivity contribution is 5.85. The molecule has 1 saturated heterocycles. The molecule has 0 atom stereocenters. The number of amides is 1. The number of nitrogens with one attached hydrogen (secondary N) is 1. The second-order valence-corrected chi connectivity index (χ2v) is 5.67. The van der Waals surface area contributed by atoms with Crippen LogP contribution in [0.2, 0.25) is 0 Å². The molecule has 0 bridgehead atoms. The van der Waals surface area contributed by atoms with Crippen LogP contribution in [-0.2, 0) is 11.3 Å². The fourth-order valence-corrected chi connectivity index (χ4v) is 2.89. The lowest BCUT2D eigenvalue weighted by molar-refractivity contribution is -0.132. The Morgan fingerprint density at radius 2 is 2.13 bits per heavy atom. The minimum absolute atomic E-state index is 0. The largest absolute Gasteiger partial charge is 0.350 e. The van der Waals surface area contributed by atoms with Crippen molar-refractivity contribution in [3.63, 3.8) is 0 Å². The maximum atomic E-state index is 12.3. The highest BCUT2D eigenvalue weighted by Gasteiger charge is 2.21. The summed E-state index contributed by atoms with van der Waals surface area (Å²) in [7, 11) is 1.85. The Morgan fingerprint density at radius 3 is 2.83 bits per heavy atom. The molecule has 0 unspecified atom stereocenters. The molecule has 1 fully saturated rings. The summed E-state index contributed by atoms with van der Waals surface area (Å²) in [4.78, 5) is 26.3. The van der Waals surface area contributed by atoms with Gasteiger partial charge in [0.25, 0.3) is 0 Å². The third kappa shape index (κ3) is 3.73. The molecule has 0 saturated carbocycles. The molecule has 1 aliphatic heterocycles. The third-order valence-corrected chi connectivity index (χ3v) is 4.28. The summed E-state index contributed by atoms with van der Waals surface area (Å²) >= 11 is 0. The van der Waals surface area contributed by atoms with E-state index in [-0.39, 0.29) is 24.0 Å². The maximum absolute atomic E-state index is 12.3. The Bertz CT molecular complexity index is 720. The molecule has 0 aliphatic carbocycles. The molecule has 0 radical (unpaired) electrons. The van der Waals surface area contributed by atoms with Gasteiger partial charge in [0, 0.05) is 25.7 Å². The number of rotatable bonds is 4. The molecular formula is C15H22ClN5O2. The minimum Gasteiger partial charge on any atom is -0.343 e. The summed E-state index contributed by atoms with van der Waals surface area (Å²) in [5.41, 5.74) is 0.402. The number of halogens is 1. The third-order valence-electron chi connectivity index (χ3n) is 4.28. The number of hydrogen-bond acceptors (Lipinski definition) is 4. The predicted octanol–water partition coefficient (Wildman–Crippen LogP) is 0.518. The summed E-state index contributed by atoms with van der Waals surface area (Å²) in [6, 6.07) is 5.70. The van der Waals surface area contributed by atoms with Gasteiger partial charge in [0.15, 0.2) is 5.65 Å². The van der Waals surface area contributed by atoms with Gasteiger partial charge in [-0.25, -0.2) is 9.48 Å². The first kappa shape index (κ1) is 17.5. The number of pyridine rings is 1. The summed E-state index contributed by atoms with van der Waals surface area (Å²) in [5.74, 6) is 0.0656. The molecule has 7 nitrogen and oxygen atoms in total. The fourth-order valence-electron chi connectivity index (χ4n) is 2.89. The van der Waals surface area contributed by atoms with Crippen molar-refractivity contribution in [3.05, 3.63) is 34.9 Å². The van der Waals surface area contributed by atoms with Gasteiger partial charge in [0.05, 0.1) is 6.54 Å². The van der Waals surface area contributed by atoms with Crippen LogP contribution in [0.3, 0.4) is 0 Å². The molecule has 3 rings (SSSR count). The Morgan fingerprint density at radius 1 is 1.39 bits per heavy atom. The van der Waals surface area contributed by atoms with Crippen molar-refractivity contribution in [2.24, 2.45) is 0 Å². The van der Waals surface area contributed by atoms with Gasteiger partial charge in [-0.05, 0) is 38.1 Å². The lowest BCUT2D eigenvalue weighted by Gasteiger charge is -2.31. The molecule has 23 heavy (non-hydrogen) atoms. The Balaban J connectivity index is 0.00000192. The van der Waals surface area contributed by atoms with E-state index in [1.54, 1.807) is 18.3 Å². The lowest BCUT2D eigenvalue weighted by Crippen LogP contribution is -2.44. The standard InChI is InChI=1S/C15H21N5O2.ClH/c1-18(12-5-8-16-9-6-12)14(21)7-11-20-15(22)19-10-3-2-4-13(19)17-20;/h2-4,10,12,16H,5-9,11H2,1H3;1H. The SMILES string of the molecule is CN(C(=O)CCn1nc2ccccn2c1=O)C1CCNCC1.Cl. The first-order chi connectivity index (χ1) is 10.7. The molecule has 1 amide bonds. The monoisotopic (exact) mass is 339 g/mol. The van der Waals surface area contributed by atoms with E-state index in [4.69, 9.17) is 0 Å². The van der Waals surface area contributed by atoms with Gasteiger partial charge in [-0.2, -0.15) is 0 Å². The van der Waals surface area contributed by atoms with Gasteiger partial charge in [0.1, 0.15) is 0 Å². The quantitative estimate of drug-likeness (QED) is 0.881. The van der Waals surface area contributed by atoms with Crippen molar-refractivity contribution in [3.8, 4) is 0 Å². The van der Waals surface area contributed by atoms with Crippen LogP contribution < -0.4 is 11.0 Å². The molecule has 0 aromatic carbocycles. The average molecular weight is 340 g/mol. The normalized spacial score (nSPS) is 15.3. The number of carbonyl (C=O) groups is 1. The zero-order chi connectivity index (χ0) is 15.5. The van der Waals surface area contributed by atoms with Gasteiger partial charge in [-0.3, -0.25) is 9.20 Å². The summed E-state index contributed by atoms with van der Waals surface area (Å²) in [6.07, 6.45) is 3.95. The molecule has 2 aromatic rings. The fraction of sp³-hybridized carbons (Fsp3) is 0.533. The number of fused-ring (bicyclic) bond motifs is 1. The van der Waals surface area contributed by atoms with Crippen molar-refractivity contribution in [2.75, 3.05) is 20.1 Å². The van der Waals surface area contributed by atoms with Crippen LogP contribution >= 0.6 is 12.4 Å². The minimum atomic E-state index is -0.201. The molecule has 0 spiro atoms. The second-order valence-electron chi connectivity index (χ2n) is 5.67. The van der Waals surface area contributed by atoms with Crippen LogP contribution in [0.1, 0.15) is 19.3 Å². The van der Waals surface area contributed by atoms with Gasteiger partial charge in [-0.15, -0.1) is 17.5 Å². The van der Waals surface area contributed by atoms with Crippen LogP contribution in [0, 0.1) is 0 Å². The van der Waals surface area contributed by atoms with Gasteiger partial charge in [-0.1, -0.05) is 6.07 Å². The molecule has 1 aliphatic rings. The van der Waals surface area contributed by atoms with E-state index in [2.05, 4.69) is 10.4 Å². The average Bonchev–Trinajstić information content (AvgIpc) is 2.89. The molecule has 3 heterocycles. The van der Waals surface area contributed by atoms with Crippen molar-refractivity contribution in [1.29, 1.82) is 0 Å². The number of piperidine rings is 1. The van der Waals surface area contributed by atoms with Crippen LogP contribution in [0.4, 0.5) is 0 Å². The number of aryl methyl sites for hydroxylation is 1. The molecular weight excluding hydrogens is 318 g/mol. The first-order valence-corrected chi connectivity index (χ1v) is 7.67. The van der Waals surface area contributed by atoms with Crippen molar-refractivity contribution < 1.29 is 4.79 Å². The zero-order valence-electron chi connectivity index (χ0n) is 13.1. The smallest absolute Gasteiger partial charge is 0.343 e. The van der Waals surface area contributed by atoms with Crippen molar-refractivity contribution in [1.82, 2.24) is 24.4 Å². The Kier molecular flexibility index (Phi) is 5.79. The number of carbonyl (C=O) groups excluding carboxylic acids is 1. The second kappa shape index (κ2) is 7.61. The van der Waals surface area contributed by atoms with Gasteiger partial charge < -0.3 is 10.2 Å². The molecule has 126 valence electrons. The lowest BCUT2D eigenvalue weighted by atomic mass is 10.1. The van der Waals surface area contributed by atoms with Gasteiger partial charge in [0.2, 0.25) is 5.91 Å². The van der Waals surface area contributed by atoms with Crippen LogP contribution in [0.5, 0.6) is 0 Å². The van der Waals surface area contributed by atoms with Crippen molar-refractivity contribution >= 4 is 24.0 Å². The summed E-state index contributed by atoms with van der Waals surface area (Å²) in [6.45, 7) is 2.22. The van der Waals surface area contributed by atoms with E-state index in [1.165, 1.54) is 9.08 Å². The van der Waals surface area contributed by atoms with E-state index in [1.807, 2.05) is 18.0 Å². The summed E-state index contributed by atoms with van der Waals surface area (Å²) in [5, 5.41) is 7.54. The Labute approximate surface area is 140 Å². The number of aromatic nitrogens is 3. The zero-order valence-corrected chi connectivity index (χ0v) is 14.0. The van der Waals surface area contributed by atoms with E-state index < -0.39 is 0 Å². The summed E-state index contributed by atoms with van der Waals surface area (Å²) < 4.78 is 2.85. The highest BCUT2D eigenvalue weighted by atomic mass is 35.5.